The fraction of sp³-hybridized carbons (Fsp3) is 0.412. The normalized spacial score (nSPS) is 19.9. The fourth-order valence-electron chi connectivity index (χ4n) is 2.71. The summed E-state index contributed by atoms with van der Waals surface area (Å²) in [6.45, 7) is 0.594. The van der Waals surface area contributed by atoms with E-state index in [4.69, 9.17) is 4.74 Å². The van der Waals surface area contributed by atoms with E-state index < -0.39 is 0 Å². The molecule has 0 bridgehead atoms. The molecular weight excluding hydrogens is 320 g/mol. The molecule has 8 nitrogen and oxygen atoms in total. The highest BCUT2D eigenvalue weighted by Crippen LogP contribution is 2.27. The van der Waals surface area contributed by atoms with Crippen molar-refractivity contribution in [3.05, 3.63) is 42.4 Å². The minimum Gasteiger partial charge on any atom is -0.373 e. The third-order valence-electron chi connectivity index (χ3n) is 4.00. The van der Waals surface area contributed by atoms with E-state index in [2.05, 4.69) is 25.6 Å². The zero-order chi connectivity index (χ0) is 17.6. The molecule has 1 saturated heterocycles. The molecule has 0 saturated carbocycles. The Labute approximate surface area is 146 Å². The molecule has 1 aliphatic rings. The Hall–Kier alpha value is -2.74. The number of carbonyl (C=O) groups excluding carboxylic acids is 1. The molecule has 2 aromatic rings. The number of aromatic nitrogens is 3. The highest BCUT2D eigenvalue weighted by Gasteiger charge is 2.25. The number of amides is 2. The van der Waals surface area contributed by atoms with Gasteiger partial charge in [0.1, 0.15) is 5.82 Å². The second-order valence-electron chi connectivity index (χ2n) is 6.10. The predicted octanol–water partition coefficient (Wildman–Crippen LogP) is 1.98. The van der Waals surface area contributed by atoms with Gasteiger partial charge in [0, 0.05) is 45.3 Å². The molecule has 3 rings (SSSR count). The quantitative estimate of drug-likeness (QED) is 0.883. The molecule has 132 valence electrons. The average molecular weight is 342 g/mol. The molecule has 1 aliphatic heterocycles. The molecule has 3 heterocycles. The van der Waals surface area contributed by atoms with Gasteiger partial charge in [-0.2, -0.15) is 4.98 Å². The van der Waals surface area contributed by atoms with E-state index in [-0.39, 0.29) is 24.1 Å². The van der Waals surface area contributed by atoms with Crippen LogP contribution in [0.4, 0.5) is 16.6 Å². The summed E-state index contributed by atoms with van der Waals surface area (Å²) in [7, 11) is 3.76. The first-order valence-corrected chi connectivity index (χ1v) is 8.21. The van der Waals surface area contributed by atoms with E-state index in [1.54, 1.807) is 24.7 Å². The van der Waals surface area contributed by atoms with Gasteiger partial charge in [-0.25, -0.2) is 9.78 Å². The van der Waals surface area contributed by atoms with Crippen LogP contribution in [-0.4, -0.2) is 47.7 Å². The van der Waals surface area contributed by atoms with Crippen LogP contribution in [0.15, 0.2) is 36.8 Å². The highest BCUT2D eigenvalue weighted by atomic mass is 16.5. The Bertz CT molecular complexity index is 709. The van der Waals surface area contributed by atoms with E-state index in [0.29, 0.717) is 13.0 Å². The molecule has 0 spiro atoms. The van der Waals surface area contributed by atoms with Crippen LogP contribution >= 0.6 is 0 Å². The minimum atomic E-state index is -0.312. The maximum atomic E-state index is 12.2. The number of hydrogen-bond donors (Lipinski definition) is 2. The van der Waals surface area contributed by atoms with Crippen LogP contribution in [0, 0.1) is 0 Å². The zero-order valence-electron chi connectivity index (χ0n) is 14.3. The van der Waals surface area contributed by atoms with Gasteiger partial charge in [0.15, 0.2) is 0 Å². The van der Waals surface area contributed by atoms with Crippen LogP contribution in [0.2, 0.25) is 0 Å². The van der Waals surface area contributed by atoms with E-state index >= 15 is 0 Å². The molecule has 2 unspecified atom stereocenters. The first kappa shape index (κ1) is 17.1. The largest absolute Gasteiger partial charge is 0.373 e. The van der Waals surface area contributed by atoms with Gasteiger partial charge in [0.05, 0.1) is 6.10 Å². The summed E-state index contributed by atoms with van der Waals surface area (Å²) in [4.78, 5) is 26.6. The molecule has 2 amide bonds. The van der Waals surface area contributed by atoms with Crippen molar-refractivity contribution in [3.8, 4) is 0 Å². The molecule has 25 heavy (non-hydrogen) atoms. The Morgan fingerprint density at radius 1 is 1.32 bits per heavy atom. The Kier molecular flexibility index (Phi) is 5.39. The number of carbonyl (C=O) groups is 1. The van der Waals surface area contributed by atoms with Crippen LogP contribution < -0.4 is 15.5 Å². The highest BCUT2D eigenvalue weighted by molar-refractivity contribution is 5.87. The van der Waals surface area contributed by atoms with Gasteiger partial charge in [-0.1, -0.05) is 6.07 Å². The lowest BCUT2D eigenvalue weighted by Crippen LogP contribution is -2.42. The summed E-state index contributed by atoms with van der Waals surface area (Å²) in [5, 5.41) is 5.66. The third-order valence-corrected chi connectivity index (χ3v) is 4.00. The van der Waals surface area contributed by atoms with Gasteiger partial charge >= 0.3 is 6.03 Å². The SMILES string of the molecule is CN(C)c1ccnc(NC(=O)NC2CCOC(c3cccnc3)C2)n1. The second kappa shape index (κ2) is 7.89. The number of anilines is 2. The molecule has 8 heteroatoms. The predicted molar refractivity (Wildman–Crippen MR) is 94.5 cm³/mol. The number of pyridine rings is 1. The number of urea groups is 1. The maximum Gasteiger partial charge on any atom is 0.321 e. The van der Waals surface area contributed by atoms with Crippen molar-refractivity contribution in [3.63, 3.8) is 0 Å². The van der Waals surface area contributed by atoms with E-state index in [1.807, 2.05) is 31.1 Å². The molecular formula is C17H22N6O2. The molecule has 0 aromatic carbocycles. The summed E-state index contributed by atoms with van der Waals surface area (Å²) in [6.07, 6.45) is 6.57. The summed E-state index contributed by atoms with van der Waals surface area (Å²) < 4.78 is 5.79. The average Bonchev–Trinajstić information content (AvgIpc) is 2.63. The summed E-state index contributed by atoms with van der Waals surface area (Å²) in [6, 6.07) is 5.36. The molecule has 2 N–H and O–H groups in total. The van der Waals surface area contributed by atoms with E-state index in [0.717, 1.165) is 17.8 Å². The Morgan fingerprint density at radius 3 is 2.96 bits per heavy atom. The Balaban J connectivity index is 1.56. The second-order valence-corrected chi connectivity index (χ2v) is 6.10. The summed E-state index contributed by atoms with van der Waals surface area (Å²) >= 11 is 0. The first-order valence-electron chi connectivity index (χ1n) is 8.21. The van der Waals surface area contributed by atoms with Gasteiger partial charge in [0.2, 0.25) is 5.95 Å². The van der Waals surface area contributed by atoms with Crippen molar-refractivity contribution in [2.24, 2.45) is 0 Å². The fourth-order valence-corrected chi connectivity index (χ4v) is 2.71. The van der Waals surface area contributed by atoms with Crippen LogP contribution in [0.25, 0.3) is 0 Å². The number of nitrogens with one attached hydrogen (secondary N) is 2. The lowest BCUT2D eigenvalue weighted by atomic mass is 9.99. The smallest absolute Gasteiger partial charge is 0.321 e. The van der Waals surface area contributed by atoms with Crippen molar-refractivity contribution in [1.82, 2.24) is 20.3 Å². The van der Waals surface area contributed by atoms with Gasteiger partial charge < -0.3 is 15.0 Å². The Morgan fingerprint density at radius 2 is 2.20 bits per heavy atom. The summed E-state index contributed by atoms with van der Waals surface area (Å²) in [5.41, 5.74) is 1.02. The number of rotatable bonds is 4. The lowest BCUT2D eigenvalue weighted by Gasteiger charge is -2.30. The number of nitrogens with zero attached hydrogens (tertiary/aromatic N) is 4. The molecule has 2 atom stereocenters. The van der Waals surface area contributed by atoms with E-state index in [9.17, 15) is 4.79 Å². The van der Waals surface area contributed by atoms with Crippen molar-refractivity contribution in [2.75, 3.05) is 30.9 Å². The molecule has 0 aliphatic carbocycles. The van der Waals surface area contributed by atoms with Crippen molar-refractivity contribution in [2.45, 2.75) is 25.0 Å². The van der Waals surface area contributed by atoms with Gasteiger partial charge in [0.25, 0.3) is 0 Å². The van der Waals surface area contributed by atoms with Crippen LogP contribution in [0.5, 0.6) is 0 Å². The summed E-state index contributed by atoms with van der Waals surface area (Å²) in [5.74, 6) is 1.01. The van der Waals surface area contributed by atoms with Crippen LogP contribution in [0.1, 0.15) is 24.5 Å². The molecule has 2 aromatic heterocycles. The van der Waals surface area contributed by atoms with Gasteiger partial charge in [-0.15, -0.1) is 0 Å². The monoisotopic (exact) mass is 342 g/mol. The topological polar surface area (TPSA) is 92.3 Å². The first-order chi connectivity index (χ1) is 12.1. The zero-order valence-corrected chi connectivity index (χ0v) is 14.3. The van der Waals surface area contributed by atoms with Gasteiger partial charge in [-0.3, -0.25) is 10.3 Å². The van der Waals surface area contributed by atoms with Crippen molar-refractivity contribution >= 4 is 17.8 Å². The number of ether oxygens (including phenoxy) is 1. The van der Waals surface area contributed by atoms with Crippen molar-refractivity contribution in [1.29, 1.82) is 0 Å². The van der Waals surface area contributed by atoms with Crippen LogP contribution in [-0.2, 0) is 4.74 Å². The van der Waals surface area contributed by atoms with E-state index in [1.165, 1.54) is 0 Å². The number of hydrogen-bond acceptors (Lipinski definition) is 6. The third kappa shape index (κ3) is 4.63. The van der Waals surface area contributed by atoms with Crippen LogP contribution in [0.3, 0.4) is 0 Å². The standard InChI is InChI=1S/C17H22N6O2/c1-23(2)15-5-8-19-16(21-15)22-17(24)20-13-6-9-25-14(10-13)12-4-3-7-18-11-12/h3-5,7-8,11,13-14H,6,9-10H2,1-2H3,(H2,19,20,21,22,24). The molecule has 1 fully saturated rings. The minimum absolute atomic E-state index is 0.0241. The van der Waals surface area contributed by atoms with Gasteiger partial charge in [-0.05, 0) is 30.5 Å². The lowest BCUT2D eigenvalue weighted by molar-refractivity contribution is 0.00235. The molecule has 0 radical (unpaired) electrons. The maximum absolute atomic E-state index is 12.2. The van der Waals surface area contributed by atoms with Crippen molar-refractivity contribution < 1.29 is 9.53 Å².